The molecule has 3 aromatic rings. The molecule has 12 heteroatoms. The topological polar surface area (TPSA) is 132 Å². The molecular weight excluding hydrogens is 484 g/mol. The molecule has 1 aliphatic rings. The molecule has 4 rings (SSSR count). The summed E-state index contributed by atoms with van der Waals surface area (Å²) >= 11 is 6.78. The second-order valence-corrected chi connectivity index (χ2v) is 8.76. The first kappa shape index (κ1) is 23.6. The van der Waals surface area contributed by atoms with Crippen LogP contribution in [0.3, 0.4) is 0 Å². The van der Waals surface area contributed by atoms with Crippen LogP contribution in [0, 0.1) is 10.1 Å². The van der Waals surface area contributed by atoms with Crippen LogP contribution in [0.1, 0.15) is 18.4 Å². The highest BCUT2D eigenvalue weighted by Crippen LogP contribution is 2.36. The van der Waals surface area contributed by atoms with Crippen molar-refractivity contribution >= 4 is 46.8 Å². The van der Waals surface area contributed by atoms with Gasteiger partial charge in [0.25, 0.3) is 16.8 Å². The Morgan fingerprint density at radius 2 is 2.03 bits per heavy atom. The smallest absolute Gasteiger partial charge is 0.342 e. The van der Waals surface area contributed by atoms with Crippen LogP contribution in [-0.2, 0) is 4.79 Å². The quantitative estimate of drug-likeness (QED) is 0.191. The van der Waals surface area contributed by atoms with Crippen molar-refractivity contribution in [3.63, 3.8) is 0 Å². The highest BCUT2D eigenvalue weighted by molar-refractivity contribution is 8.03. The molecule has 0 spiro atoms. The van der Waals surface area contributed by atoms with Crippen molar-refractivity contribution in [1.82, 2.24) is 10.2 Å². The van der Waals surface area contributed by atoms with Crippen molar-refractivity contribution in [2.24, 2.45) is 0 Å². The lowest BCUT2D eigenvalue weighted by molar-refractivity contribution is -0.384. The van der Waals surface area contributed by atoms with Gasteiger partial charge in [-0.05, 0) is 60.5 Å². The summed E-state index contributed by atoms with van der Waals surface area (Å²) in [6.07, 6.45) is 3.29. The number of methoxy groups -OCH3 is 1. The van der Waals surface area contributed by atoms with E-state index in [1.54, 1.807) is 30.3 Å². The van der Waals surface area contributed by atoms with E-state index in [-0.39, 0.29) is 21.7 Å². The lowest BCUT2D eigenvalue weighted by atomic mass is 10.1. The molecule has 2 aromatic carbocycles. The van der Waals surface area contributed by atoms with Crippen molar-refractivity contribution in [2.75, 3.05) is 25.1 Å². The number of halogens is 1. The average molecular weight is 503 g/mol. The maximum Gasteiger partial charge on any atom is 0.342 e. The summed E-state index contributed by atoms with van der Waals surface area (Å²) in [7, 11) is 1.48. The zero-order chi connectivity index (χ0) is 24.2. The summed E-state index contributed by atoms with van der Waals surface area (Å²) in [4.78, 5) is 24.9. The zero-order valence-electron chi connectivity index (χ0n) is 17.9. The normalized spacial score (nSPS) is 13.8. The Bertz CT molecular complexity index is 1270. The molecule has 0 unspecified atom stereocenters. The minimum Gasteiger partial charge on any atom is -0.496 e. The summed E-state index contributed by atoms with van der Waals surface area (Å²) < 4.78 is 10.9. The second kappa shape index (κ2) is 10.1. The molecule has 1 fully saturated rings. The number of anilines is 1. The molecule has 34 heavy (non-hydrogen) atoms. The fourth-order valence-electron chi connectivity index (χ4n) is 3.59. The molecular formula is C22H19ClN4O6S. The number of ether oxygens (including phenoxy) is 1. The fourth-order valence-corrected chi connectivity index (χ4v) is 4.43. The van der Waals surface area contributed by atoms with Gasteiger partial charge >= 0.3 is 5.97 Å². The average Bonchev–Trinajstić information content (AvgIpc) is 3.51. The number of thioether (sulfide) groups is 1. The number of hydrogen-bond acceptors (Lipinski definition) is 9. The number of nitro benzene ring substituents is 1. The molecule has 0 saturated carbocycles. The van der Waals surface area contributed by atoms with Gasteiger partial charge in [-0.2, -0.15) is 0 Å². The van der Waals surface area contributed by atoms with E-state index in [4.69, 9.17) is 20.8 Å². The van der Waals surface area contributed by atoms with Gasteiger partial charge < -0.3 is 19.2 Å². The van der Waals surface area contributed by atoms with E-state index < -0.39 is 10.9 Å². The van der Waals surface area contributed by atoms with Crippen molar-refractivity contribution in [2.45, 2.75) is 18.1 Å². The SMILES string of the molecule is COc1ccc(Cl)cc1-c1nnc(S/C(=C/c2ccc(N3CCCC3)c([N+](=O)[O-])c2)C(=O)O)o1. The predicted molar refractivity (Wildman–Crippen MR) is 127 cm³/mol. The number of nitrogens with zero attached hydrogens (tertiary/aromatic N) is 4. The molecule has 10 nitrogen and oxygen atoms in total. The number of rotatable bonds is 8. The van der Waals surface area contributed by atoms with Crippen LogP contribution in [-0.4, -0.2) is 46.4 Å². The van der Waals surface area contributed by atoms with Crippen LogP contribution in [0.15, 0.2) is 50.9 Å². The summed E-state index contributed by atoms with van der Waals surface area (Å²) in [5.74, 6) is -0.669. The molecule has 1 aliphatic heterocycles. The third-order valence-electron chi connectivity index (χ3n) is 5.15. The van der Waals surface area contributed by atoms with Gasteiger partial charge in [0.2, 0.25) is 0 Å². The monoisotopic (exact) mass is 502 g/mol. The molecule has 0 radical (unpaired) electrons. The Morgan fingerprint density at radius 1 is 1.26 bits per heavy atom. The Labute approximate surface area is 203 Å². The third kappa shape index (κ3) is 5.15. The van der Waals surface area contributed by atoms with Crippen LogP contribution >= 0.6 is 23.4 Å². The lowest BCUT2D eigenvalue weighted by Crippen LogP contribution is -2.18. The van der Waals surface area contributed by atoms with Crippen molar-refractivity contribution in [1.29, 1.82) is 0 Å². The third-order valence-corrected chi connectivity index (χ3v) is 6.23. The van der Waals surface area contributed by atoms with E-state index in [1.807, 2.05) is 4.90 Å². The standard InChI is InChI=1S/C22H19ClN4O6S/c1-32-18-7-5-14(23)12-15(18)20-24-25-22(33-20)34-19(21(28)29)11-13-4-6-16(17(10-13)27(30)31)26-8-2-3-9-26/h4-7,10-12H,2-3,8-9H2,1H3,(H,28,29)/b19-11+. The molecule has 1 aromatic heterocycles. The zero-order valence-corrected chi connectivity index (χ0v) is 19.5. The van der Waals surface area contributed by atoms with Gasteiger partial charge in [0, 0.05) is 24.2 Å². The van der Waals surface area contributed by atoms with Crippen LogP contribution in [0.2, 0.25) is 5.02 Å². The first-order valence-corrected chi connectivity index (χ1v) is 11.4. The van der Waals surface area contributed by atoms with Crippen LogP contribution in [0.5, 0.6) is 5.75 Å². The highest BCUT2D eigenvalue weighted by Gasteiger charge is 2.23. The Kier molecular flexibility index (Phi) is 7.03. The molecule has 0 bridgehead atoms. The van der Waals surface area contributed by atoms with Crippen LogP contribution in [0.25, 0.3) is 17.5 Å². The first-order chi connectivity index (χ1) is 16.4. The van der Waals surface area contributed by atoms with Gasteiger partial charge in [0.1, 0.15) is 16.3 Å². The van der Waals surface area contributed by atoms with Gasteiger partial charge in [-0.3, -0.25) is 10.1 Å². The maximum absolute atomic E-state index is 11.9. The first-order valence-electron chi connectivity index (χ1n) is 10.2. The van der Waals surface area contributed by atoms with E-state index in [0.29, 0.717) is 27.6 Å². The largest absolute Gasteiger partial charge is 0.496 e. The van der Waals surface area contributed by atoms with Gasteiger partial charge in [0.05, 0.1) is 17.6 Å². The minimum atomic E-state index is -1.24. The maximum atomic E-state index is 11.9. The summed E-state index contributed by atoms with van der Waals surface area (Å²) in [5, 5.41) is 29.6. The molecule has 0 aliphatic carbocycles. The van der Waals surface area contributed by atoms with E-state index >= 15 is 0 Å². The number of hydrogen-bond donors (Lipinski definition) is 1. The predicted octanol–water partition coefficient (Wildman–Crippen LogP) is 5.12. The molecule has 2 heterocycles. The number of nitro groups is 1. The summed E-state index contributed by atoms with van der Waals surface area (Å²) in [5.41, 5.74) is 1.29. The highest BCUT2D eigenvalue weighted by atomic mass is 35.5. The lowest BCUT2D eigenvalue weighted by Gasteiger charge is -2.17. The number of aliphatic carboxylic acids is 1. The molecule has 176 valence electrons. The second-order valence-electron chi connectivity index (χ2n) is 7.33. The van der Waals surface area contributed by atoms with Gasteiger partial charge in [0.15, 0.2) is 0 Å². The molecule has 1 saturated heterocycles. The van der Waals surface area contributed by atoms with Crippen molar-refractivity contribution in [3.05, 3.63) is 62.0 Å². The number of carboxylic acids is 1. The van der Waals surface area contributed by atoms with Crippen molar-refractivity contribution in [3.8, 4) is 17.2 Å². The summed E-state index contributed by atoms with van der Waals surface area (Å²) in [6, 6.07) is 9.56. The van der Waals surface area contributed by atoms with Crippen molar-refractivity contribution < 1.29 is 24.0 Å². The van der Waals surface area contributed by atoms with Gasteiger partial charge in [-0.25, -0.2) is 4.79 Å². The molecule has 0 amide bonds. The molecule has 1 N–H and O–H groups in total. The van der Waals surface area contributed by atoms with E-state index in [9.17, 15) is 20.0 Å². The number of carbonyl (C=O) groups is 1. The Morgan fingerprint density at radius 3 is 2.71 bits per heavy atom. The Hall–Kier alpha value is -3.57. The summed E-state index contributed by atoms with van der Waals surface area (Å²) in [6.45, 7) is 1.51. The number of aromatic nitrogens is 2. The van der Waals surface area contributed by atoms with E-state index in [2.05, 4.69) is 10.2 Å². The molecule has 0 atom stereocenters. The number of benzene rings is 2. The van der Waals surface area contributed by atoms with E-state index in [1.165, 1.54) is 19.3 Å². The van der Waals surface area contributed by atoms with E-state index in [0.717, 1.165) is 37.7 Å². The number of carboxylic acid groups (broad SMARTS) is 1. The fraction of sp³-hybridized carbons (Fsp3) is 0.227. The van der Waals surface area contributed by atoms with Crippen LogP contribution in [0.4, 0.5) is 11.4 Å². The van der Waals surface area contributed by atoms with Crippen LogP contribution < -0.4 is 9.64 Å². The van der Waals surface area contributed by atoms with Gasteiger partial charge in [-0.15, -0.1) is 10.2 Å². The Balaban J connectivity index is 1.62. The minimum absolute atomic E-state index is 0.0196. The van der Waals surface area contributed by atoms with Gasteiger partial charge in [-0.1, -0.05) is 17.7 Å².